The quantitative estimate of drug-likeness (QED) is 0.783. The van der Waals surface area contributed by atoms with Crippen LogP contribution in [0.25, 0.3) is 22.3 Å². The van der Waals surface area contributed by atoms with Crippen LogP contribution >= 0.6 is 0 Å². The van der Waals surface area contributed by atoms with Gasteiger partial charge in [0.2, 0.25) is 0 Å². The third kappa shape index (κ3) is 3.23. The molecule has 0 aliphatic carbocycles. The standard InChI is InChI=1S/C18H20N4/c1-22(2)12-11-20-17-13-18(16-9-5-6-10-19-16)21-15-8-4-3-7-14(15)17/h3-10,13H,11-12H2,1-2H3,(H,20,21). The molecule has 0 aliphatic heterocycles. The minimum Gasteiger partial charge on any atom is -0.383 e. The van der Waals surface area contributed by atoms with Crippen molar-refractivity contribution in [1.29, 1.82) is 0 Å². The van der Waals surface area contributed by atoms with Crippen LogP contribution in [-0.2, 0) is 0 Å². The summed E-state index contributed by atoms with van der Waals surface area (Å²) in [6.45, 7) is 1.87. The van der Waals surface area contributed by atoms with Gasteiger partial charge >= 0.3 is 0 Å². The van der Waals surface area contributed by atoms with Crippen LogP contribution in [0.1, 0.15) is 0 Å². The minimum atomic E-state index is 0.892. The van der Waals surface area contributed by atoms with E-state index >= 15 is 0 Å². The molecule has 0 aliphatic rings. The average Bonchev–Trinajstić information content (AvgIpc) is 2.55. The number of fused-ring (bicyclic) bond motifs is 1. The second kappa shape index (κ2) is 6.54. The Hall–Kier alpha value is -2.46. The topological polar surface area (TPSA) is 41.0 Å². The third-order valence-electron chi connectivity index (χ3n) is 3.52. The van der Waals surface area contributed by atoms with E-state index in [2.05, 4.69) is 41.4 Å². The number of para-hydroxylation sites is 1. The first-order chi connectivity index (χ1) is 10.7. The molecule has 22 heavy (non-hydrogen) atoms. The summed E-state index contributed by atoms with van der Waals surface area (Å²) in [6.07, 6.45) is 1.80. The second-order valence-corrected chi connectivity index (χ2v) is 5.52. The van der Waals surface area contributed by atoms with Crippen LogP contribution in [0.2, 0.25) is 0 Å². The molecule has 0 radical (unpaired) electrons. The minimum absolute atomic E-state index is 0.892. The number of aromatic nitrogens is 2. The zero-order valence-electron chi connectivity index (χ0n) is 13.0. The molecule has 4 nitrogen and oxygen atoms in total. The first-order valence-electron chi connectivity index (χ1n) is 7.44. The highest BCUT2D eigenvalue weighted by Crippen LogP contribution is 2.27. The monoisotopic (exact) mass is 292 g/mol. The van der Waals surface area contributed by atoms with Gasteiger partial charge in [-0.1, -0.05) is 24.3 Å². The molecule has 2 heterocycles. The smallest absolute Gasteiger partial charge is 0.0914 e. The van der Waals surface area contributed by atoms with Crippen LogP contribution in [0.3, 0.4) is 0 Å². The predicted molar refractivity (Wildman–Crippen MR) is 92.0 cm³/mol. The lowest BCUT2D eigenvalue weighted by molar-refractivity contribution is 0.425. The van der Waals surface area contributed by atoms with Gasteiger partial charge in [0.15, 0.2) is 0 Å². The molecule has 0 unspecified atom stereocenters. The van der Waals surface area contributed by atoms with Crippen LogP contribution < -0.4 is 5.32 Å². The number of pyridine rings is 2. The van der Waals surface area contributed by atoms with E-state index in [0.717, 1.165) is 41.1 Å². The molecule has 0 atom stereocenters. The van der Waals surface area contributed by atoms with Crippen molar-refractivity contribution in [3.05, 3.63) is 54.7 Å². The van der Waals surface area contributed by atoms with Gasteiger partial charge in [-0.05, 0) is 38.4 Å². The molecular formula is C18H20N4. The van der Waals surface area contributed by atoms with Gasteiger partial charge in [0.05, 0.1) is 16.9 Å². The fraction of sp³-hybridized carbons (Fsp3) is 0.222. The van der Waals surface area contributed by atoms with E-state index in [1.165, 1.54) is 0 Å². The number of nitrogens with zero attached hydrogens (tertiary/aromatic N) is 3. The number of likely N-dealkylation sites (N-methyl/N-ethyl adjacent to an activating group) is 1. The van der Waals surface area contributed by atoms with E-state index in [1.54, 1.807) is 6.20 Å². The second-order valence-electron chi connectivity index (χ2n) is 5.52. The van der Waals surface area contributed by atoms with Gasteiger partial charge in [-0.25, -0.2) is 4.98 Å². The Morgan fingerprint density at radius 1 is 1.00 bits per heavy atom. The van der Waals surface area contributed by atoms with Crippen molar-refractivity contribution in [3.8, 4) is 11.4 Å². The van der Waals surface area contributed by atoms with E-state index in [-0.39, 0.29) is 0 Å². The lowest BCUT2D eigenvalue weighted by atomic mass is 10.1. The molecular weight excluding hydrogens is 272 g/mol. The molecule has 3 aromatic rings. The van der Waals surface area contributed by atoms with Gasteiger partial charge in [-0.2, -0.15) is 0 Å². The highest BCUT2D eigenvalue weighted by molar-refractivity contribution is 5.93. The maximum absolute atomic E-state index is 4.74. The molecule has 0 amide bonds. The molecule has 0 bridgehead atoms. The maximum Gasteiger partial charge on any atom is 0.0914 e. The molecule has 0 spiro atoms. The molecule has 2 aromatic heterocycles. The van der Waals surface area contributed by atoms with Crippen LogP contribution in [0.15, 0.2) is 54.7 Å². The van der Waals surface area contributed by atoms with Crippen LogP contribution in [0.4, 0.5) is 5.69 Å². The normalized spacial score (nSPS) is 11.0. The molecule has 4 heteroatoms. The third-order valence-corrected chi connectivity index (χ3v) is 3.52. The number of nitrogens with one attached hydrogen (secondary N) is 1. The Balaban J connectivity index is 2.01. The van der Waals surface area contributed by atoms with Crippen molar-refractivity contribution >= 4 is 16.6 Å². The maximum atomic E-state index is 4.74. The lowest BCUT2D eigenvalue weighted by Gasteiger charge is -2.14. The number of rotatable bonds is 5. The Morgan fingerprint density at radius 2 is 1.82 bits per heavy atom. The van der Waals surface area contributed by atoms with Gasteiger partial charge in [-0.15, -0.1) is 0 Å². The highest BCUT2D eigenvalue weighted by Gasteiger charge is 2.07. The molecule has 1 aromatic carbocycles. The van der Waals surface area contributed by atoms with Crippen molar-refractivity contribution in [3.63, 3.8) is 0 Å². The number of hydrogen-bond acceptors (Lipinski definition) is 4. The van der Waals surface area contributed by atoms with Crippen LogP contribution in [-0.4, -0.2) is 42.1 Å². The van der Waals surface area contributed by atoms with Crippen molar-refractivity contribution < 1.29 is 0 Å². The van der Waals surface area contributed by atoms with Crippen molar-refractivity contribution in [1.82, 2.24) is 14.9 Å². The van der Waals surface area contributed by atoms with E-state index < -0.39 is 0 Å². The zero-order chi connectivity index (χ0) is 15.4. The van der Waals surface area contributed by atoms with E-state index in [0.29, 0.717) is 0 Å². The Bertz CT molecular complexity index is 753. The number of benzene rings is 1. The predicted octanol–water partition coefficient (Wildman–Crippen LogP) is 3.27. The van der Waals surface area contributed by atoms with E-state index in [9.17, 15) is 0 Å². The van der Waals surface area contributed by atoms with Gasteiger partial charge < -0.3 is 10.2 Å². The molecule has 112 valence electrons. The van der Waals surface area contributed by atoms with Crippen molar-refractivity contribution in [2.24, 2.45) is 0 Å². The van der Waals surface area contributed by atoms with Gasteiger partial charge in [0, 0.05) is 30.4 Å². The Morgan fingerprint density at radius 3 is 2.59 bits per heavy atom. The number of hydrogen-bond donors (Lipinski definition) is 1. The number of anilines is 1. The molecule has 3 rings (SSSR count). The first-order valence-corrected chi connectivity index (χ1v) is 7.44. The van der Waals surface area contributed by atoms with Crippen LogP contribution in [0.5, 0.6) is 0 Å². The summed E-state index contributed by atoms with van der Waals surface area (Å²) < 4.78 is 0. The Kier molecular flexibility index (Phi) is 4.30. The Labute approximate surface area is 130 Å². The lowest BCUT2D eigenvalue weighted by Crippen LogP contribution is -2.20. The zero-order valence-corrected chi connectivity index (χ0v) is 13.0. The fourth-order valence-corrected chi connectivity index (χ4v) is 2.38. The average molecular weight is 292 g/mol. The SMILES string of the molecule is CN(C)CCNc1cc(-c2ccccn2)nc2ccccc12. The molecule has 0 saturated heterocycles. The van der Waals surface area contributed by atoms with Crippen LogP contribution in [0, 0.1) is 0 Å². The van der Waals surface area contributed by atoms with Crippen molar-refractivity contribution in [2.45, 2.75) is 0 Å². The summed E-state index contributed by atoms with van der Waals surface area (Å²) in [6, 6.07) is 16.2. The fourth-order valence-electron chi connectivity index (χ4n) is 2.38. The summed E-state index contributed by atoms with van der Waals surface area (Å²) in [4.78, 5) is 11.3. The molecule has 0 saturated carbocycles. The summed E-state index contributed by atoms with van der Waals surface area (Å²) >= 11 is 0. The molecule has 0 fully saturated rings. The van der Waals surface area contributed by atoms with E-state index in [1.807, 2.05) is 36.4 Å². The summed E-state index contributed by atoms with van der Waals surface area (Å²) in [7, 11) is 4.15. The van der Waals surface area contributed by atoms with Gasteiger partial charge in [-0.3, -0.25) is 4.98 Å². The summed E-state index contributed by atoms with van der Waals surface area (Å²) in [5.74, 6) is 0. The van der Waals surface area contributed by atoms with Gasteiger partial charge in [0.1, 0.15) is 0 Å². The van der Waals surface area contributed by atoms with Gasteiger partial charge in [0.25, 0.3) is 0 Å². The highest BCUT2D eigenvalue weighted by atomic mass is 15.1. The first kappa shape index (κ1) is 14.5. The summed E-state index contributed by atoms with van der Waals surface area (Å²) in [5.41, 5.74) is 3.88. The van der Waals surface area contributed by atoms with Crippen molar-refractivity contribution in [2.75, 3.05) is 32.5 Å². The summed E-state index contributed by atoms with van der Waals surface area (Å²) in [5, 5.41) is 4.66. The van der Waals surface area contributed by atoms with E-state index in [4.69, 9.17) is 4.98 Å². The molecule has 1 N–H and O–H groups in total. The largest absolute Gasteiger partial charge is 0.383 e.